The number of aromatic amines is 1. The van der Waals surface area contributed by atoms with Crippen LogP contribution >= 0.6 is 11.3 Å². The average Bonchev–Trinajstić information content (AvgIpc) is 3.16. The van der Waals surface area contributed by atoms with Crippen LogP contribution < -0.4 is 10.1 Å². The van der Waals surface area contributed by atoms with Crippen molar-refractivity contribution in [2.24, 2.45) is 0 Å². The van der Waals surface area contributed by atoms with E-state index in [0.29, 0.717) is 15.9 Å². The molecule has 8 nitrogen and oxygen atoms in total. The van der Waals surface area contributed by atoms with Crippen molar-refractivity contribution >= 4 is 22.4 Å². The lowest BCUT2D eigenvalue weighted by Crippen LogP contribution is -2.17. The van der Waals surface area contributed by atoms with E-state index in [0.717, 1.165) is 11.3 Å². The van der Waals surface area contributed by atoms with Crippen molar-refractivity contribution in [3.8, 4) is 16.3 Å². The van der Waals surface area contributed by atoms with Gasteiger partial charge in [0.15, 0.2) is 16.5 Å². The lowest BCUT2D eigenvalue weighted by Gasteiger charge is -2.12. The van der Waals surface area contributed by atoms with Crippen LogP contribution in [0.5, 0.6) is 5.75 Å². The molecule has 0 saturated heterocycles. The van der Waals surface area contributed by atoms with E-state index in [1.165, 1.54) is 11.3 Å². The Morgan fingerprint density at radius 1 is 1.38 bits per heavy atom. The second kappa shape index (κ2) is 6.75. The van der Waals surface area contributed by atoms with E-state index in [-0.39, 0.29) is 11.8 Å². The summed E-state index contributed by atoms with van der Waals surface area (Å²) in [6, 6.07) is 3.43. The zero-order valence-electron chi connectivity index (χ0n) is 13.4. The molecule has 3 rings (SSSR count). The van der Waals surface area contributed by atoms with Crippen LogP contribution in [0.2, 0.25) is 0 Å². The summed E-state index contributed by atoms with van der Waals surface area (Å²) >= 11 is 1.26. The number of anilines is 1. The van der Waals surface area contributed by atoms with Crippen molar-refractivity contribution in [1.29, 1.82) is 0 Å². The highest BCUT2D eigenvalue weighted by atomic mass is 32.1. The summed E-state index contributed by atoms with van der Waals surface area (Å²) in [6.07, 6.45) is 3.16. The maximum Gasteiger partial charge on any atom is 0.279 e. The largest absolute Gasteiger partial charge is 0.489 e. The SMILES string of the molecule is Cc1[nH]ncc1-c1nnc(NC(=O)c2ncccc2OC(C)C)s1. The van der Waals surface area contributed by atoms with E-state index in [9.17, 15) is 4.79 Å². The zero-order valence-corrected chi connectivity index (χ0v) is 14.2. The smallest absolute Gasteiger partial charge is 0.279 e. The topological polar surface area (TPSA) is 106 Å². The molecule has 24 heavy (non-hydrogen) atoms. The summed E-state index contributed by atoms with van der Waals surface area (Å²) in [7, 11) is 0. The van der Waals surface area contributed by atoms with Gasteiger partial charge in [-0.15, -0.1) is 10.2 Å². The Morgan fingerprint density at radius 2 is 2.21 bits per heavy atom. The van der Waals surface area contributed by atoms with Crippen LogP contribution in [0.1, 0.15) is 30.0 Å². The number of nitrogens with zero attached hydrogens (tertiary/aromatic N) is 4. The van der Waals surface area contributed by atoms with Gasteiger partial charge in [-0.25, -0.2) is 4.98 Å². The van der Waals surface area contributed by atoms with Crippen LogP contribution in [-0.4, -0.2) is 37.4 Å². The molecule has 1 amide bonds. The van der Waals surface area contributed by atoms with Crippen LogP contribution in [0, 0.1) is 6.92 Å². The Bertz CT molecular complexity index is 857. The van der Waals surface area contributed by atoms with Crippen LogP contribution in [0.3, 0.4) is 0 Å². The average molecular weight is 344 g/mol. The molecule has 0 bridgehead atoms. The predicted molar refractivity (Wildman–Crippen MR) is 90.2 cm³/mol. The number of H-pyrrole nitrogens is 1. The van der Waals surface area contributed by atoms with E-state index in [2.05, 4.69) is 30.7 Å². The highest BCUT2D eigenvalue weighted by Crippen LogP contribution is 2.28. The molecule has 3 aromatic heterocycles. The fourth-order valence-corrected chi connectivity index (χ4v) is 2.82. The molecule has 0 aromatic carbocycles. The summed E-state index contributed by atoms with van der Waals surface area (Å²) < 4.78 is 5.62. The summed E-state index contributed by atoms with van der Waals surface area (Å²) in [6.45, 7) is 5.67. The Morgan fingerprint density at radius 3 is 2.92 bits per heavy atom. The van der Waals surface area contributed by atoms with Gasteiger partial charge in [0.25, 0.3) is 5.91 Å². The van der Waals surface area contributed by atoms with Gasteiger partial charge in [-0.1, -0.05) is 11.3 Å². The lowest BCUT2D eigenvalue weighted by atomic mass is 10.3. The zero-order chi connectivity index (χ0) is 17.1. The quantitative estimate of drug-likeness (QED) is 0.737. The Labute approximate surface area is 142 Å². The fourth-order valence-electron chi connectivity index (χ4n) is 2.02. The van der Waals surface area contributed by atoms with Crippen LogP contribution in [0.4, 0.5) is 5.13 Å². The third-order valence-electron chi connectivity index (χ3n) is 3.05. The number of nitrogens with one attached hydrogen (secondary N) is 2. The van der Waals surface area contributed by atoms with Crippen LogP contribution in [0.15, 0.2) is 24.5 Å². The monoisotopic (exact) mass is 344 g/mol. The van der Waals surface area contributed by atoms with Gasteiger partial charge in [0, 0.05) is 11.9 Å². The number of hydrogen-bond donors (Lipinski definition) is 2. The number of aromatic nitrogens is 5. The molecule has 3 aromatic rings. The van der Waals surface area contributed by atoms with Crippen LogP contribution in [0.25, 0.3) is 10.6 Å². The van der Waals surface area contributed by atoms with Gasteiger partial charge >= 0.3 is 0 Å². The first-order valence-corrected chi connectivity index (χ1v) is 8.13. The first-order chi connectivity index (χ1) is 11.5. The standard InChI is InChI=1S/C15H16N6O2S/c1-8(2)23-11-5-4-6-16-12(11)13(22)18-15-21-20-14(24-15)10-7-17-19-9(10)3/h4-8H,1-3H3,(H,17,19)(H,18,21,22). The van der Waals surface area contributed by atoms with E-state index in [4.69, 9.17) is 4.74 Å². The van der Waals surface area contributed by atoms with E-state index in [1.54, 1.807) is 24.5 Å². The van der Waals surface area contributed by atoms with Crippen molar-refractivity contribution in [3.63, 3.8) is 0 Å². The molecule has 0 spiro atoms. The number of amides is 1. The molecule has 0 fully saturated rings. The van der Waals surface area contributed by atoms with Gasteiger partial charge in [0.05, 0.1) is 17.9 Å². The van der Waals surface area contributed by atoms with Gasteiger partial charge in [-0.05, 0) is 32.9 Å². The molecule has 124 valence electrons. The van der Waals surface area contributed by atoms with Crippen molar-refractivity contribution in [2.75, 3.05) is 5.32 Å². The summed E-state index contributed by atoms with van der Waals surface area (Å²) in [5.41, 5.74) is 1.96. The highest BCUT2D eigenvalue weighted by molar-refractivity contribution is 7.18. The normalized spacial score (nSPS) is 10.8. The third-order valence-corrected chi connectivity index (χ3v) is 3.93. The second-order valence-corrected chi connectivity index (χ2v) is 6.27. The Hall–Kier alpha value is -2.81. The molecule has 0 aliphatic carbocycles. The van der Waals surface area contributed by atoms with Crippen LogP contribution in [-0.2, 0) is 0 Å². The van der Waals surface area contributed by atoms with Gasteiger partial charge in [-0.3, -0.25) is 15.2 Å². The molecule has 2 N–H and O–H groups in total. The van der Waals surface area contributed by atoms with Gasteiger partial charge in [0.2, 0.25) is 5.13 Å². The first kappa shape index (κ1) is 16.1. The fraction of sp³-hybridized carbons (Fsp3) is 0.267. The van der Waals surface area contributed by atoms with Crippen molar-refractivity contribution in [1.82, 2.24) is 25.4 Å². The number of aryl methyl sites for hydroxylation is 1. The first-order valence-electron chi connectivity index (χ1n) is 7.31. The number of rotatable bonds is 5. The van der Waals surface area contributed by atoms with Crippen molar-refractivity contribution in [2.45, 2.75) is 26.9 Å². The Balaban J connectivity index is 1.79. The maximum absolute atomic E-state index is 12.4. The number of ether oxygens (including phenoxy) is 1. The minimum atomic E-state index is -0.391. The molecule has 0 aliphatic rings. The van der Waals surface area contributed by atoms with E-state index >= 15 is 0 Å². The molecule has 0 aliphatic heterocycles. The highest BCUT2D eigenvalue weighted by Gasteiger charge is 2.18. The van der Waals surface area contributed by atoms with Gasteiger partial charge in [0.1, 0.15) is 0 Å². The van der Waals surface area contributed by atoms with Crippen molar-refractivity contribution < 1.29 is 9.53 Å². The molecular weight excluding hydrogens is 328 g/mol. The third kappa shape index (κ3) is 3.40. The lowest BCUT2D eigenvalue weighted by molar-refractivity contribution is 0.101. The van der Waals surface area contributed by atoms with E-state index < -0.39 is 5.91 Å². The molecular formula is C15H16N6O2S. The minimum absolute atomic E-state index is 0.0575. The maximum atomic E-state index is 12.4. The predicted octanol–water partition coefficient (Wildman–Crippen LogP) is 2.67. The summed E-state index contributed by atoms with van der Waals surface area (Å²) in [4.78, 5) is 16.5. The number of carbonyl (C=O) groups is 1. The molecule has 0 saturated carbocycles. The molecule has 0 atom stereocenters. The molecule has 3 heterocycles. The Kier molecular flexibility index (Phi) is 4.52. The number of hydrogen-bond acceptors (Lipinski definition) is 7. The van der Waals surface area contributed by atoms with Gasteiger partial charge in [-0.2, -0.15) is 5.10 Å². The van der Waals surface area contributed by atoms with Gasteiger partial charge < -0.3 is 4.74 Å². The number of pyridine rings is 1. The molecule has 0 unspecified atom stereocenters. The summed E-state index contributed by atoms with van der Waals surface area (Å²) in [5, 5.41) is 18.6. The van der Waals surface area contributed by atoms with E-state index in [1.807, 2.05) is 20.8 Å². The number of carbonyl (C=O) groups excluding carboxylic acids is 1. The molecule has 0 radical (unpaired) electrons. The second-order valence-electron chi connectivity index (χ2n) is 5.29. The minimum Gasteiger partial charge on any atom is -0.489 e. The summed E-state index contributed by atoms with van der Waals surface area (Å²) in [5.74, 6) is 0.0401. The molecule has 9 heteroatoms. The van der Waals surface area contributed by atoms with Crippen molar-refractivity contribution in [3.05, 3.63) is 35.9 Å².